The van der Waals surface area contributed by atoms with E-state index >= 15 is 0 Å². The summed E-state index contributed by atoms with van der Waals surface area (Å²) in [5.74, 6) is -2.34. The molecule has 0 rings (SSSR count). The van der Waals surface area contributed by atoms with E-state index in [-0.39, 0.29) is 38.6 Å². The fourth-order valence-electron chi connectivity index (χ4n) is 9.17. The summed E-state index contributed by atoms with van der Waals surface area (Å²) in [6.45, 7) is 4.46. The van der Waals surface area contributed by atoms with Crippen LogP contribution in [0, 0.1) is 0 Å². The molecule has 0 N–H and O–H groups in total. The molecule has 0 bridgehead atoms. The molecule has 9 nitrogen and oxygen atoms in total. The SMILES string of the molecule is CC/C=C\C/C=C\C/C=C\C/C=C\C/C=C\C/C=C\C/C=C\C/C=C\C/C=C\C/C=C\CCCCCCCCC(=O)OC(COC(=O)CCCCCCCCCC/C=C\C/C=C\C/C=C\C/C=C\C/C=C\C/C=C\C/C=C\C/C=C\CC)COC(OCC[N+](C)(C)C)C(=O)[O-]. The fourth-order valence-corrected chi connectivity index (χ4v) is 9.17. The van der Waals surface area contributed by atoms with E-state index in [4.69, 9.17) is 18.9 Å². The van der Waals surface area contributed by atoms with Crippen molar-refractivity contribution in [1.82, 2.24) is 0 Å². The van der Waals surface area contributed by atoms with E-state index < -0.39 is 24.3 Å². The number of likely N-dealkylation sites (N-methyl/N-ethyl adjacent to an activating group) is 1. The third-order valence-corrected chi connectivity index (χ3v) is 14.7. The van der Waals surface area contributed by atoms with Gasteiger partial charge < -0.3 is 33.3 Å². The zero-order valence-corrected chi connectivity index (χ0v) is 60.4. The molecule has 0 fully saturated rings. The zero-order chi connectivity index (χ0) is 69.0. The number of carbonyl (C=O) groups excluding carboxylic acids is 3. The van der Waals surface area contributed by atoms with Gasteiger partial charge in [0.15, 0.2) is 12.4 Å². The van der Waals surface area contributed by atoms with Crippen LogP contribution < -0.4 is 5.11 Å². The lowest BCUT2D eigenvalue weighted by molar-refractivity contribution is -0.870. The maximum Gasteiger partial charge on any atom is 0.306 e. The van der Waals surface area contributed by atoms with Crippen molar-refractivity contribution in [3.05, 3.63) is 219 Å². The highest BCUT2D eigenvalue weighted by molar-refractivity contribution is 5.70. The Labute approximate surface area is 581 Å². The summed E-state index contributed by atoms with van der Waals surface area (Å²) >= 11 is 0. The van der Waals surface area contributed by atoms with Gasteiger partial charge in [-0.25, -0.2) is 0 Å². The lowest BCUT2D eigenvalue weighted by Gasteiger charge is -2.26. The molecule has 0 saturated carbocycles. The van der Waals surface area contributed by atoms with Gasteiger partial charge in [0.2, 0.25) is 0 Å². The molecule has 0 saturated heterocycles. The van der Waals surface area contributed by atoms with Crippen LogP contribution in [0.5, 0.6) is 0 Å². The molecule has 2 unspecified atom stereocenters. The van der Waals surface area contributed by atoms with E-state index in [1.807, 2.05) is 21.1 Å². The molecular formula is C86H133NO8. The Morgan fingerprint density at radius 1 is 0.316 bits per heavy atom. The first-order valence-electron chi connectivity index (χ1n) is 36.9. The van der Waals surface area contributed by atoms with Crippen molar-refractivity contribution in [2.75, 3.05) is 47.5 Å². The average Bonchev–Trinajstić information content (AvgIpc) is 3.75. The molecular weight excluding hydrogens is 1170 g/mol. The second-order valence-corrected chi connectivity index (χ2v) is 24.8. The first kappa shape index (κ1) is 88.6. The van der Waals surface area contributed by atoms with Gasteiger partial charge in [0, 0.05) is 12.8 Å². The van der Waals surface area contributed by atoms with Crippen LogP contribution in [-0.4, -0.2) is 82.3 Å². The van der Waals surface area contributed by atoms with Crippen molar-refractivity contribution in [3.63, 3.8) is 0 Å². The van der Waals surface area contributed by atoms with Gasteiger partial charge in [-0.3, -0.25) is 9.59 Å². The third kappa shape index (κ3) is 74.9. The molecule has 0 aliphatic rings. The van der Waals surface area contributed by atoms with Crippen molar-refractivity contribution in [2.24, 2.45) is 0 Å². The number of carboxylic acid groups (broad SMARTS) is 1. The van der Waals surface area contributed by atoms with Crippen molar-refractivity contribution in [1.29, 1.82) is 0 Å². The van der Waals surface area contributed by atoms with Gasteiger partial charge in [-0.15, -0.1) is 0 Å². The van der Waals surface area contributed by atoms with Crippen molar-refractivity contribution in [3.8, 4) is 0 Å². The number of hydrogen-bond donors (Lipinski definition) is 0. The summed E-state index contributed by atoms with van der Waals surface area (Å²) in [7, 11) is 5.91. The molecule has 530 valence electrons. The summed E-state index contributed by atoms with van der Waals surface area (Å²) in [6.07, 6.45) is 113. The van der Waals surface area contributed by atoms with Crippen LogP contribution in [0.4, 0.5) is 0 Å². The molecule has 0 spiro atoms. The number of unbranched alkanes of at least 4 members (excludes halogenated alkanes) is 14. The Hall–Kier alpha value is -6.39. The van der Waals surface area contributed by atoms with Gasteiger partial charge in [-0.1, -0.05) is 297 Å². The average molecular weight is 1310 g/mol. The summed E-state index contributed by atoms with van der Waals surface area (Å²) in [5, 5.41) is 11.8. The van der Waals surface area contributed by atoms with E-state index in [2.05, 4.69) is 233 Å². The zero-order valence-electron chi connectivity index (χ0n) is 60.4. The number of esters is 2. The number of aliphatic carboxylic acids is 1. The first-order chi connectivity index (χ1) is 46.6. The quantitative estimate of drug-likeness (QED) is 0.0195. The highest BCUT2D eigenvalue weighted by Crippen LogP contribution is 2.14. The van der Waals surface area contributed by atoms with Gasteiger partial charge in [-0.2, -0.15) is 0 Å². The fraction of sp³-hybridized carbons (Fsp3) is 0.547. The second-order valence-electron chi connectivity index (χ2n) is 24.8. The summed E-state index contributed by atoms with van der Waals surface area (Å²) in [5.41, 5.74) is 0. The van der Waals surface area contributed by atoms with Gasteiger partial charge in [0.1, 0.15) is 13.2 Å². The standard InChI is InChI=1S/C86H133NO8/c1-6-8-10-12-14-16-18-20-22-24-26-28-30-32-34-36-38-40-41-42-43-45-47-49-51-53-55-57-59-61-63-65-67-69-71-73-75-77-84(89)95-82(81-94-86(85(90)91)92-79-78-87(3,4)5)80-93-83(88)76-74-72-70-68-66-64-62-60-58-56-54-52-50-48-46-44-39-37-35-33-31-29-27-25-23-21-19-17-15-13-11-9-7-2/h8-11,14-17,20-23,26-29,32-35,38-40,42-44,47-50,53-56,59,61,82,86H,6-7,12-13,18-19,24-25,30-31,36-37,41,45-46,51-52,57-58,60,62-81H2,1-5H3/b10-8-,11-9-,16-14-,17-15-,22-20-,23-21-,28-26-,29-27-,34-32-,35-33-,40-38-,43-42-,44-39-,49-47-,50-48-,55-53-,56-54-,61-59-. The maximum absolute atomic E-state index is 13.0. The molecule has 95 heavy (non-hydrogen) atoms. The number of hydrogen-bond acceptors (Lipinski definition) is 8. The molecule has 0 aromatic carbocycles. The Bertz CT molecular complexity index is 2370. The largest absolute Gasteiger partial charge is 0.545 e. The summed E-state index contributed by atoms with van der Waals surface area (Å²) < 4.78 is 22.8. The van der Waals surface area contributed by atoms with Crippen LogP contribution in [0.15, 0.2) is 219 Å². The van der Waals surface area contributed by atoms with Crippen LogP contribution in [0.2, 0.25) is 0 Å². The van der Waals surface area contributed by atoms with E-state index in [9.17, 15) is 19.5 Å². The Balaban J connectivity index is 4.25. The maximum atomic E-state index is 13.0. The highest BCUT2D eigenvalue weighted by Gasteiger charge is 2.22. The van der Waals surface area contributed by atoms with Crippen molar-refractivity contribution >= 4 is 17.9 Å². The number of ether oxygens (including phenoxy) is 4. The van der Waals surface area contributed by atoms with Crippen LogP contribution >= 0.6 is 0 Å². The van der Waals surface area contributed by atoms with Crippen LogP contribution in [-0.2, 0) is 33.3 Å². The van der Waals surface area contributed by atoms with Crippen molar-refractivity contribution < 1.29 is 42.9 Å². The summed E-state index contributed by atoms with van der Waals surface area (Å²) in [6, 6.07) is 0. The normalized spacial score (nSPS) is 14.0. The minimum atomic E-state index is -1.64. The van der Waals surface area contributed by atoms with Crippen LogP contribution in [0.1, 0.15) is 245 Å². The summed E-state index contributed by atoms with van der Waals surface area (Å²) in [4.78, 5) is 37.6. The third-order valence-electron chi connectivity index (χ3n) is 14.7. The lowest BCUT2D eigenvalue weighted by Crippen LogP contribution is -2.44. The van der Waals surface area contributed by atoms with E-state index in [1.54, 1.807) is 0 Å². The molecule has 0 amide bonds. The molecule has 0 heterocycles. The van der Waals surface area contributed by atoms with Gasteiger partial charge in [0.05, 0.1) is 40.3 Å². The minimum Gasteiger partial charge on any atom is -0.545 e. The molecule has 0 radical (unpaired) electrons. The Morgan fingerprint density at radius 3 is 0.842 bits per heavy atom. The molecule has 0 aliphatic heterocycles. The van der Waals surface area contributed by atoms with Gasteiger partial charge >= 0.3 is 11.9 Å². The smallest absolute Gasteiger partial charge is 0.306 e. The molecule has 9 heteroatoms. The number of carboxylic acids is 1. The Morgan fingerprint density at radius 2 is 0.568 bits per heavy atom. The van der Waals surface area contributed by atoms with E-state index in [0.717, 1.165) is 180 Å². The molecule has 0 aromatic heterocycles. The molecule has 0 aromatic rings. The van der Waals surface area contributed by atoms with Crippen LogP contribution in [0.3, 0.4) is 0 Å². The Kier molecular flexibility index (Phi) is 68.5. The molecule has 0 aliphatic carbocycles. The number of carbonyl (C=O) groups is 3. The monoisotopic (exact) mass is 1310 g/mol. The number of allylic oxidation sites excluding steroid dienone is 36. The van der Waals surface area contributed by atoms with E-state index in [0.29, 0.717) is 23.9 Å². The van der Waals surface area contributed by atoms with Crippen molar-refractivity contribution in [2.45, 2.75) is 257 Å². The number of rotatable bonds is 65. The number of nitrogens with zero attached hydrogens (tertiary/aromatic N) is 1. The van der Waals surface area contributed by atoms with E-state index in [1.165, 1.54) is 25.7 Å². The predicted octanol–water partition coefficient (Wildman–Crippen LogP) is 22.4. The lowest BCUT2D eigenvalue weighted by atomic mass is 10.1. The van der Waals surface area contributed by atoms with Crippen LogP contribution in [0.25, 0.3) is 0 Å². The molecule has 2 atom stereocenters. The minimum absolute atomic E-state index is 0.131. The first-order valence-corrected chi connectivity index (χ1v) is 36.9. The predicted molar refractivity (Wildman–Crippen MR) is 407 cm³/mol. The number of quaternary nitrogens is 1. The topological polar surface area (TPSA) is 111 Å². The van der Waals surface area contributed by atoms with Gasteiger partial charge in [-0.05, 0) is 154 Å². The highest BCUT2D eigenvalue weighted by atomic mass is 16.7. The second kappa shape index (κ2) is 73.4. The van der Waals surface area contributed by atoms with Gasteiger partial charge in [0.25, 0.3) is 0 Å².